The van der Waals surface area contributed by atoms with Gasteiger partial charge in [0.05, 0.1) is 31.2 Å². The zero-order chi connectivity index (χ0) is 26.7. The van der Waals surface area contributed by atoms with E-state index in [0.29, 0.717) is 31.2 Å². The van der Waals surface area contributed by atoms with Gasteiger partial charge in [-0.3, -0.25) is 0 Å². The summed E-state index contributed by atoms with van der Waals surface area (Å²) in [5, 5.41) is 14.6. The van der Waals surface area contributed by atoms with Crippen LogP contribution in [0.1, 0.15) is 58.7 Å². The predicted octanol–water partition coefficient (Wildman–Crippen LogP) is 5.95. The molecule has 0 atom stereocenters. The molecule has 1 aliphatic heterocycles. The van der Waals surface area contributed by atoms with Gasteiger partial charge in [0.1, 0.15) is 12.4 Å². The molecule has 0 saturated heterocycles. The van der Waals surface area contributed by atoms with Crippen molar-refractivity contribution in [3.63, 3.8) is 0 Å². The number of aromatic nitrogens is 1. The van der Waals surface area contributed by atoms with Crippen LogP contribution in [0.5, 0.6) is 5.88 Å². The number of pyridine rings is 1. The molecule has 2 amide bonds. The molecule has 2 aromatic rings. The van der Waals surface area contributed by atoms with Crippen molar-refractivity contribution >= 4 is 17.3 Å². The van der Waals surface area contributed by atoms with Gasteiger partial charge >= 0.3 is 6.03 Å². The third-order valence-electron chi connectivity index (χ3n) is 5.47. The second kappa shape index (κ2) is 13.9. The van der Waals surface area contributed by atoms with Gasteiger partial charge in [-0.2, -0.15) is 0 Å². The number of carbonyl (C=O) groups is 1. The molecular formula is C28H40FN3O4. The van der Waals surface area contributed by atoms with E-state index in [-0.39, 0.29) is 24.3 Å². The maximum atomic E-state index is 14.7. The summed E-state index contributed by atoms with van der Waals surface area (Å²) < 4.78 is 25.7. The Bertz CT molecular complexity index is 1050. The number of hydrogen-bond acceptors (Lipinski definition) is 5. The number of halogens is 1. The first-order valence-corrected chi connectivity index (χ1v) is 12.5. The number of anilines is 1. The van der Waals surface area contributed by atoms with Crippen molar-refractivity contribution < 1.29 is 23.8 Å². The van der Waals surface area contributed by atoms with E-state index >= 15 is 0 Å². The van der Waals surface area contributed by atoms with Crippen LogP contribution in [0.4, 0.5) is 14.9 Å². The number of urea groups is 1. The zero-order valence-corrected chi connectivity index (χ0v) is 22.3. The summed E-state index contributed by atoms with van der Waals surface area (Å²) >= 11 is 0. The fourth-order valence-electron chi connectivity index (χ4n) is 3.61. The lowest BCUT2D eigenvalue weighted by molar-refractivity contribution is 0.161. The standard InChI is InChI=1S/C26H34FN3O4.C2H6/c1-17-13-21(27)23(30-25(32)28-8-7-26(2,3)4)16-20(17)19-14-22(18-5-10-33-11-6-18)29-24(15-19)34-12-9-31;1-2/h5,13-16,31H,6-12H2,1-4H3,(H2,28,30,32);1-2H3. The number of rotatable bonds is 8. The molecule has 0 unspecified atom stereocenters. The van der Waals surface area contributed by atoms with E-state index in [9.17, 15) is 9.18 Å². The van der Waals surface area contributed by atoms with Crippen LogP contribution in [0.15, 0.2) is 30.3 Å². The maximum absolute atomic E-state index is 14.7. The van der Waals surface area contributed by atoms with Gasteiger partial charge in [0.15, 0.2) is 0 Å². The van der Waals surface area contributed by atoms with Crippen LogP contribution >= 0.6 is 0 Å². The Morgan fingerprint density at radius 3 is 2.61 bits per heavy atom. The quantitative estimate of drug-likeness (QED) is 0.415. The SMILES string of the molecule is CC.Cc1cc(F)c(NC(=O)NCCC(C)(C)C)cc1-c1cc(OCCO)nc(C2=CCOCC2)c1. The highest BCUT2D eigenvalue weighted by molar-refractivity contribution is 5.90. The highest BCUT2D eigenvalue weighted by Crippen LogP contribution is 2.33. The molecule has 198 valence electrons. The van der Waals surface area contributed by atoms with Gasteiger partial charge in [0.2, 0.25) is 5.88 Å². The minimum Gasteiger partial charge on any atom is -0.475 e. The first kappa shape index (κ1) is 29.3. The first-order chi connectivity index (χ1) is 17.2. The van der Waals surface area contributed by atoms with Crippen molar-refractivity contribution in [2.24, 2.45) is 5.41 Å². The maximum Gasteiger partial charge on any atom is 0.319 e. The lowest BCUT2D eigenvalue weighted by Crippen LogP contribution is -2.31. The molecule has 0 saturated carbocycles. The van der Waals surface area contributed by atoms with E-state index in [1.807, 2.05) is 32.9 Å². The number of ether oxygens (including phenoxy) is 2. The van der Waals surface area contributed by atoms with Gasteiger partial charge in [-0.25, -0.2) is 14.2 Å². The van der Waals surface area contributed by atoms with Crippen molar-refractivity contribution in [3.8, 4) is 17.0 Å². The van der Waals surface area contributed by atoms with Crippen LogP contribution in [0.25, 0.3) is 16.7 Å². The van der Waals surface area contributed by atoms with Crippen molar-refractivity contribution in [3.05, 3.63) is 47.4 Å². The second-order valence-corrected chi connectivity index (χ2v) is 9.54. The number of nitrogens with zero attached hydrogens (tertiary/aromatic N) is 1. The first-order valence-electron chi connectivity index (χ1n) is 12.5. The van der Waals surface area contributed by atoms with Crippen molar-refractivity contribution in [2.45, 2.75) is 54.4 Å². The molecule has 2 heterocycles. The molecule has 0 fully saturated rings. The summed E-state index contributed by atoms with van der Waals surface area (Å²) in [6, 6.07) is 6.26. The molecule has 0 spiro atoms. The summed E-state index contributed by atoms with van der Waals surface area (Å²) in [5.74, 6) is -0.141. The van der Waals surface area contributed by atoms with Crippen LogP contribution < -0.4 is 15.4 Å². The van der Waals surface area contributed by atoms with E-state index in [1.165, 1.54) is 6.07 Å². The largest absolute Gasteiger partial charge is 0.475 e. The molecule has 7 nitrogen and oxygen atoms in total. The van der Waals surface area contributed by atoms with E-state index in [1.54, 1.807) is 12.1 Å². The highest BCUT2D eigenvalue weighted by Gasteiger charge is 2.17. The molecule has 0 radical (unpaired) electrons. The van der Waals surface area contributed by atoms with E-state index < -0.39 is 11.8 Å². The van der Waals surface area contributed by atoms with Crippen LogP contribution in [0.3, 0.4) is 0 Å². The summed E-state index contributed by atoms with van der Waals surface area (Å²) in [4.78, 5) is 16.9. The third-order valence-corrected chi connectivity index (χ3v) is 5.47. The van der Waals surface area contributed by atoms with Crippen LogP contribution in [-0.4, -0.2) is 49.1 Å². The Balaban J connectivity index is 0.00000222. The number of aliphatic hydroxyl groups is 1. The monoisotopic (exact) mass is 501 g/mol. The molecule has 8 heteroatoms. The fourth-order valence-corrected chi connectivity index (χ4v) is 3.61. The summed E-state index contributed by atoms with van der Waals surface area (Å²) in [7, 11) is 0. The van der Waals surface area contributed by atoms with Crippen LogP contribution in [0, 0.1) is 18.2 Å². The molecule has 1 aliphatic rings. The second-order valence-electron chi connectivity index (χ2n) is 9.54. The summed E-state index contributed by atoms with van der Waals surface area (Å²) in [5.41, 5.74) is 4.20. The molecule has 0 aliphatic carbocycles. The number of hydrogen-bond donors (Lipinski definition) is 3. The van der Waals surface area contributed by atoms with Crippen molar-refractivity contribution in [1.29, 1.82) is 0 Å². The van der Waals surface area contributed by atoms with E-state index in [2.05, 4.69) is 36.4 Å². The predicted molar refractivity (Wildman–Crippen MR) is 143 cm³/mol. The minimum atomic E-state index is -0.509. The van der Waals surface area contributed by atoms with Gasteiger partial charge in [-0.1, -0.05) is 40.7 Å². The number of nitrogens with one attached hydrogen (secondary N) is 2. The lowest BCUT2D eigenvalue weighted by Gasteiger charge is -2.19. The topological polar surface area (TPSA) is 92.7 Å². The van der Waals surface area contributed by atoms with Crippen molar-refractivity contribution in [1.82, 2.24) is 10.3 Å². The average molecular weight is 502 g/mol. The molecule has 3 N–H and O–H groups in total. The van der Waals surface area contributed by atoms with Gasteiger partial charge in [0.25, 0.3) is 0 Å². The highest BCUT2D eigenvalue weighted by atomic mass is 19.1. The molecular weight excluding hydrogens is 461 g/mol. The number of amides is 2. The Morgan fingerprint density at radius 1 is 1.22 bits per heavy atom. The molecule has 0 bridgehead atoms. The number of aliphatic hydroxyl groups excluding tert-OH is 1. The molecule has 36 heavy (non-hydrogen) atoms. The fraction of sp³-hybridized carbons (Fsp3) is 0.500. The van der Waals surface area contributed by atoms with Crippen LogP contribution in [-0.2, 0) is 4.74 Å². The van der Waals surface area contributed by atoms with Crippen molar-refractivity contribution in [2.75, 3.05) is 38.3 Å². The van der Waals surface area contributed by atoms with E-state index in [4.69, 9.17) is 14.6 Å². The number of aryl methyl sites for hydroxylation is 1. The normalized spacial score (nSPS) is 13.3. The molecule has 3 rings (SSSR count). The summed E-state index contributed by atoms with van der Waals surface area (Å²) in [6.07, 6.45) is 3.51. The summed E-state index contributed by atoms with van der Waals surface area (Å²) in [6.45, 7) is 13.7. The zero-order valence-electron chi connectivity index (χ0n) is 22.3. The molecule has 1 aromatic carbocycles. The number of carbonyl (C=O) groups excluding carboxylic acids is 1. The van der Waals surface area contributed by atoms with E-state index in [0.717, 1.165) is 35.2 Å². The van der Waals surface area contributed by atoms with Gasteiger partial charge in [0, 0.05) is 12.6 Å². The third kappa shape index (κ3) is 8.91. The van der Waals surface area contributed by atoms with Crippen LogP contribution in [0.2, 0.25) is 0 Å². The Hall–Kier alpha value is -2.97. The molecule has 1 aromatic heterocycles. The Kier molecular flexibility index (Phi) is 11.3. The Labute approximate surface area is 214 Å². The Morgan fingerprint density at radius 2 is 1.97 bits per heavy atom. The van der Waals surface area contributed by atoms with Gasteiger partial charge in [-0.05, 0) is 65.6 Å². The average Bonchev–Trinajstić information content (AvgIpc) is 2.85. The number of benzene rings is 1. The minimum absolute atomic E-state index is 0.0876. The smallest absolute Gasteiger partial charge is 0.319 e. The van der Waals surface area contributed by atoms with Gasteiger partial charge in [-0.15, -0.1) is 0 Å². The van der Waals surface area contributed by atoms with Gasteiger partial charge < -0.3 is 25.2 Å². The lowest BCUT2D eigenvalue weighted by atomic mass is 9.92.